The summed E-state index contributed by atoms with van der Waals surface area (Å²) >= 11 is 0. The molecule has 25 heavy (non-hydrogen) atoms. The molecule has 1 fully saturated rings. The van der Waals surface area contributed by atoms with Gasteiger partial charge in [-0.05, 0) is 36.5 Å². The van der Waals surface area contributed by atoms with E-state index in [2.05, 4.69) is 0 Å². The number of benzene rings is 1. The molecular formula is C19H23NO5. The Hall–Kier alpha value is -2.50. The van der Waals surface area contributed by atoms with Gasteiger partial charge in [-0.15, -0.1) is 0 Å². The molecule has 0 spiro atoms. The maximum Gasteiger partial charge on any atom is 0.307 e. The zero-order chi connectivity index (χ0) is 18.0. The molecule has 1 aliphatic heterocycles. The Morgan fingerprint density at radius 2 is 2.04 bits per heavy atom. The highest BCUT2D eigenvalue weighted by Gasteiger charge is 2.44. The van der Waals surface area contributed by atoms with Gasteiger partial charge in [0.05, 0.1) is 26.1 Å². The van der Waals surface area contributed by atoms with E-state index in [0.29, 0.717) is 31.0 Å². The third-order valence-corrected chi connectivity index (χ3v) is 5.14. The fraction of sp³-hybridized carbons (Fsp3) is 0.474. The zero-order valence-electron chi connectivity index (χ0n) is 14.5. The molecule has 1 saturated heterocycles. The molecule has 1 aromatic carbocycles. The molecular weight excluding hydrogens is 322 g/mol. The molecule has 0 bridgehead atoms. The predicted octanol–water partition coefficient (Wildman–Crippen LogP) is 2.33. The first-order valence-electron chi connectivity index (χ1n) is 8.44. The number of fused-ring (bicyclic) bond motifs is 1. The Morgan fingerprint density at radius 3 is 2.72 bits per heavy atom. The second-order valence-electron chi connectivity index (χ2n) is 6.54. The number of allylic oxidation sites excluding steroid dienone is 2. The second kappa shape index (κ2) is 7.17. The highest BCUT2D eigenvalue weighted by Crippen LogP contribution is 2.38. The first-order chi connectivity index (χ1) is 12.0. The number of nitrogens with zero attached hydrogens (tertiary/aromatic N) is 1. The van der Waals surface area contributed by atoms with Crippen LogP contribution in [0, 0.1) is 17.8 Å². The smallest absolute Gasteiger partial charge is 0.307 e. The highest BCUT2D eigenvalue weighted by molar-refractivity contribution is 5.86. The van der Waals surface area contributed by atoms with E-state index in [1.54, 1.807) is 19.1 Å². The van der Waals surface area contributed by atoms with E-state index in [4.69, 9.17) is 9.47 Å². The third kappa shape index (κ3) is 3.34. The van der Waals surface area contributed by atoms with Crippen molar-refractivity contribution >= 4 is 11.9 Å². The monoisotopic (exact) mass is 345 g/mol. The zero-order valence-corrected chi connectivity index (χ0v) is 14.5. The number of carbonyl (C=O) groups excluding carboxylic acids is 1. The molecule has 3 rings (SSSR count). The lowest BCUT2D eigenvalue weighted by atomic mass is 9.71. The average Bonchev–Trinajstić information content (AvgIpc) is 2.63. The van der Waals surface area contributed by atoms with Crippen LogP contribution in [0.25, 0.3) is 0 Å². The highest BCUT2D eigenvalue weighted by atomic mass is 16.5. The van der Waals surface area contributed by atoms with Gasteiger partial charge in [-0.2, -0.15) is 0 Å². The molecule has 1 heterocycles. The number of methoxy groups -OCH3 is 2. The fourth-order valence-corrected chi connectivity index (χ4v) is 3.83. The fourth-order valence-electron chi connectivity index (χ4n) is 3.83. The van der Waals surface area contributed by atoms with Crippen molar-refractivity contribution in [2.75, 3.05) is 20.8 Å². The van der Waals surface area contributed by atoms with Gasteiger partial charge in [0.2, 0.25) is 5.91 Å². The van der Waals surface area contributed by atoms with Crippen LogP contribution in [0.4, 0.5) is 0 Å². The second-order valence-corrected chi connectivity index (χ2v) is 6.54. The summed E-state index contributed by atoms with van der Waals surface area (Å²) in [6.45, 7) is 1.07. The Bertz CT molecular complexity index is 699. The van der Waals surface area contributed by atoms with Gasteiger partial charge < -0.3 is 19.5 Å². The Kier molecular flexibility index (Phi) is 4.97. The minimum absolute atomic E-state index is 0.0315. The number of piperidine rings is 1. The number of carboxylic acid groups (broad SMARTS) is 1. The van der Waals surface area contributed by atoms with E-state index in [9.17, 15) is 14.7 Å². The Labute approximate surface area is 147 Å². The van der Waals surface area contributed by atoms with Crippen LogP contribution in [0.2, 0.25) is 0 Å². The SMILES string of the molecule is COc1ccc(CN2CC[C@H]3C=CCC(C(=O)O)[C@H]3C2=O)cc1OC. The number of carbonyl (C=O) groups is 2. The summed E-state index contributed by atoms with van der Waals surface area (Å²) in [7, 11) is 3.15. The number of hydrogen-bond donors (Lipinski definition) is 1. The van der Waals surface area contributed by atoms with Crippen molar-refractivity contribution in [2.24, 2.45) is 17.8 Å². The number of likely N-dealkylation sites (tertiary alicyclic amines) is 1. The van der Waals surface area contributed by atoms with Crippen molar-refractivity contribution < 1.29 is 24.2 Å². The summed E-state index contributed by atoms with van der Waals surface area (Å²) < 4.78 is 10.5. The molecule has 1 aromatic rings. The van der Waals surface area contributed by atoms with Crippen molar-refractivity contribution in [2.45, 2.75) is 19.4 Å². The van der Waals surface area contributed by atoms with Crippen LogP contribution < -0.4 is 9.47 Å². The lowest BCUT2D eigenvalue weighted by Gasteiger charge is -2.41. The van der Waals surface area contributed by atoms with E-state index in [-0.39, 0.29) is 11.8 Å². The van der Waals surface area contributed by atoms with Crippen molar-refractivity contribution in [3.05, 3.63) is 35.9 Å². The molecule has 1 aliphatic carbocycles. The molecule has 2 aliphatic rings. The molecule has 1 N–H and O–H groups in total. The van der Waals surface area contributed by atoms with Gasteiger partial charge in [0.25, 0.3) is 0 Å². The largest absolute Gasteiger partial charge is 0.493 e. The quantitative estimate of drug-likeness (QED) is 0.829. The number of hydrogen-bond acceptors (Lipinski definition) is 4. The van der Waals surface area contributed by atoms with Crippen LogP contribution in [0.5, 0.6) is 11.5 Å². The van der Waals surface area contributed by atoms with Crippen molar-refractivity contribution in [3.63, 3.8) is 0 Å². The number of amides is 1. The van der Waals surface area contributed by atoms with Crippen LogP contribution in [0.15, 0.2) is 30.4 Å². The number of ether oxygens (including phenoxy) is 2. The summed E-state index contributed by atoms with van der Waals surface area (Å²) in [5.41, 5.74) is 0.933. The molecule has 6 nitrogen and oxygen atoms in total. The molecule has 1 unspecified atom stereocenters. The number of rotatable bonds is 5. The van der Waals surface area contributed by atoms with Crippen molar-refractivity contribution in [1.82, 2.24) is 4.90 Å². The molecule has 0 saturated carbocycles. The molecule has 6 heteroatoms. The molecule has 0 radical (unpaired) electrons. The van der Waals surface area contributed by atoms with Crippen molar-refractivity contribution in [3.8, 4) is 11.5 Å². The van der Waals surface area contributed by atoms with Crippen LogP contribution in [-0.2, 0) is 16.1 Å². The minimum Gasteiger partial charge on any atom is -0.493 e. The van der Waals surface area contributed by atoms with Crippen LogP contribution in [-0.4, -0.2) is 42.6 Å². The molecule has 3 atom stereocenters. The van der Waals surface area contributed by atoms with E-state index in [1.807, 2.05) is 30.4 Å². The van der Waals surface area contributed by atoms with E-state index in [0.717, 1.165) is 12.0 Å². The third-order valence-electron chi connectivity index (χ3n) is 5.14. The first-order valence-corrected chi connectivity index (χ1v) is 8.44. The van der Waals surface area contributed by atoms with Crippen LogP contribution in [0.1, 0.15) is 18.4 Å². The summed E-state index contributed by atoms with van der Waals surface area (Å²) in [4.78, 5) is 26.2. The van der Waals surface area contributed by atoms with Gasteiger partial charge >= 0.3 is 5.97 Å². The van der Waals surface area contributed by atoms with E-state index in [1.165, 1.54) is 0 Å². The van der Waals surface area contributed by atoms with Gasteiger partial charge in [0, 0.05) is 13.1 Å². The molecule has 134 valence electrons. The average molecular weight is 345 g/mol. The maximum atomic E-state index is 12.9. The molecule has 0 aromatic heterocycles. The topological polar surface area (TPSA) is 76.1 Å². The Morgan fingerprint density at radius 1 is 1.28 bits per heavy atom. The summed E-state index contributed by atoms with van der Waals surface area (Å²) in [6, 6.07) is 5.57. The maximum absolute atomic E-state index is 12.9. The van der Waals surface area contributed by atoms with Gasteiger partial charge in [-0.1, -0.05) is 18.2 Å². The molecule has 1 amide bonds. The lowest BCUT2D eigenvalue weighted by molar-refractivity contribution is -0.155. The van der Waals surface area contributed by atoms with Crippen LogP contribution in [0.3, 0.4) is 0 Å². The lowest BCUT2D eigenvalue weighted by Crippen LogP contribution is -2.49. The van der Waals surface area contributed by atoms with E-state index < -0.39 is 17.8 Å². The van der Waals surface area contributed by atoms with E-state index >= 15 is 0 Å². The summed E-state index contributed by atoms with van der Waals surface area (Å²) in [5, 5.41) is 9.46. The number of aliphatic carboxylic acids is 1. The number of carboxylic acids is 1. The standard InChI is InChI=1S/C19H23NO5/c1-24-15-7-6-12(10-16(15)25-2)11-20-9-8-13-4-3-5-14(19(22)23)17(13)18(20)21/h3-4,6-7,10,13-14,17H,5,8-9,11H2,1-2H3,(H,22,23)/t13-,14?,17+/m1/s1. The van der Waals surface area contributed by atoms with Gasteiger partial charge in [0.15, 0.2) is 11.5 Å². The van der Waals surface area contributed by atoms with Crippen molar-refractivity contribution in [1.29, 1.82) is 0 Å². The van der Waals surface area contributed by atoms with Gasteiger partial charge in [0.1, 0.15) is 0 Å². The minimum atomic E-state index is -0.888. The normalized spacial score (nSPS) is 25.4. The van der Waals surface area contributed by atoms with Crippen LogP contribution >= 0.6 is 0 Å². The Balaban J connectivity index is 1.79. The van der Waals surface area contributed by atoms with Gasteiger partial charge in [-0.3, -0.25) is 9.59 Å². The van der Waals surface area contributed by atoms with Gasteiger partial charge in [-0.25, -0.2) is 0 Å². The summed E-state index contributed by atoms with van der Waals surface area (Å²) in [6.07, 6.45) is 5.13. The predicted molar refractivity (Wildman–Crippen MR) is 91.4 cm³/mol. The summed E-state index contributed by atoms with van der Waals surface area (Å²) in [5.74, 6) is -0.759. The first kappa shape index (κ1) is 17.3.